The van der Waals surface area contributed by atoms with Crippen LogP contribution in [0.25, 0.3) is 0 Å². The van der Waals surface area contributed by atoms with Crippen molar-refractivity contribution in [3.8, 4) is 0 Å². The van der Waals surface area contributed by atoms with Crippen molar-refractivity contribution < 1.29 is 4.79 Å². The number of benzene rings is 1. The molecule has 1 unspecified atom stereocenters. The molecule has 104 valence electrons. The number of amides is 1. The zero-order valence-electron chi connectivity index (χ0n) is 12.1. The summed E-state index contributed by atoms with van der Waals surface area (Å²) in [6.07, 6.45) is 2.94. The zero-order chi connectivity index (χ0) is 13.9. The van der Waals surface area contributed by atoms with Gasteiger partial charge in [-0.05, 0) is 30.9 Å². The van der Waals surface area contributed by atoms with E-state index in [9.17, 15) is 4.79 Å². The summed E-state index contributed by atoms with van der Waals surface area (Å²) in [5, 5.41) is 6.59. The highest BCUT2D eigenvalue weighted by Crippen LogP contribution is 2.32. The molecule has 2 rings (SSSR count). The minimum atomic E-state index is -0.0553. The topological polar surface area (TPSA) is 41.1 Å². The Morgan fingerprint density at radius 3 is 2.53 bits per heavy atom. The number of hydrogen-bond donors (Lipinski definition) is 2. The van der Waals surface area contributed by atoms with Crippen LogP contribution < -0.4 is 10.6 Å². The average molecular weight is 260 g/mol. The number of carbonyl (C=O) groups is 1. The Bertz CT molecular complexity index is 444. The van der Waals surface area contributed by atoms with Gasteiger partial charge in [0.05, 0.1) is 5.92 Å². The summed E-state index contributed by atoms with van der Waals surface area (Å²) in [6, 6.07) is 8.08. The highest BCUT2D eigenvalue weighted by Gasteiger charge is 2.33. The second-order valence-electron chi connectivity index (χ2n) is 5.35. The van der Waals surface area contributed by atoms with Crippen molar-refractivity contribution >= 4 is 11.6 Å². The standard InChI is InChI=1S/C16H24N2O/c1-4-16(5-2,6-3)18-15(19)13-11-17-14-10-8-7-9-12(13)14/h7-10,13,17H,4-6,11H2,1-3H3,(H,18,19). The first-order valence-electron chi connectivity index (χ1n) is 7.30. The van der Waals surface area contributed by atoms with E-state index >= 15 is 0 Å². The van der Waals surface area contributed by atoms with Gasteiger partial charge in [0.1, 0.15) is 0 Å². The number of nitrogens with one attached hydrogen (secondary N) is 2. The van der Waals surface area contributed by atoms with E-state index in [1.54, 1.807) is 0 Å². The van der Waals surface area contributed by atoms with E-state index in [4.69, 9.17) is 0 Å². The smallest absolute Gasteiger partial charge is 0.229 e. The van der Waals surface area contributed by atoms with E-state index in [1.807, 2.05) is 24.3 Å². The van der Waals surface area contributed by atoms with Gasteiger partial charge in [0.25, 0.3) is 0 Å². The Morgan fingerprint density at radius 2 is 1.89 bits per heavy atom. The molecule has 0 saturated heterocycles. The van der Waals surface area contributed by atoms with Crippen molar-refractivity contribution in [3.05, 3.63) is 29.8 Å². The Morgan fingerprint density at radius 1 is 1.26 bits per heavy atom. The van der Waals surface area contributed by atoms with Crippen LogP contribution in [0.15, 0.2) is 24.3 Å². The number of carbonyl (C=O) groups excluding carboxylic acids is 1. The fraction of sp³-hybridized carbons (Fsp3) is 0.562. The highest BCUT2D eigenvalue weighted by molar-refractivity contribution is 5.88. The molecule has 1 aromatic rings. The molecule has 1 aliphatic rings. The summed E-state index contributed by atoms with van der Waals surface area (Å²) in [6.45, 7) is 7.15. The number of para-hydroxylation sites is 1. The summed E-state index contributed by atoms with van der Waals surface area (Å²) in [5.41, 5.74) is 2.17. The van der Waals surface area contributed by atoms with Crippen LogP contribution in [-0.4, -0.2) is 18.0 Å². The van der Waals surface area contributed by atoms with Gasteiger partial charge in [0, 0.05) is 17.8 Å². The van der Waals surface area contributed by atoms with Gasteiger partial charge in [0.15, 0.2) is 0 Å². The molecule has 0 aliphatic carbocycles. The molecule has 3 heteroatoms. The molecule has 1 amide bonds. The van der Waals surface area contributed by atoms with Crippen LogP contribution in [0.3, 0.4) is 0 Å². The van der Waals surface area contributed by atoms with Crippen LogP contribution in [0.2, 0.25) is 0 Å². The Kier molecular flexibility index (Phi) is 4.13. The maximum Gasteiger partial charge on any atom is 0.229 e. The lowest BCUT2D eigenvalue weighted by Gasteiger charge is -2.33. The lowest BCUT2D eigenvalue weighted by Crippen LogP contribution is -2.49. The maximum absolute atomic E-state index is 12.5. The van der Waals surface area contributed by atoms with Gasteiger partial charge < -0.3 is 10.6 Å². The van der Waals surface area contributed by atoms with E-state index in [0.717, 1.165) is 30.5 Å². The molecule has 0 aromatic heterocycles. The van der Waals surface area contributed by atoms with E-state index in [0.29, 0.717) is 6.54 Å². The molecule has 1 aliphatic heterocycles. The second-order valence-corrected chi connectivity index (χ2v) is 5.35. The van der Waals surface area contributed by atoms with Crippen LogP contribution >= 0.6 is 0 Å². The lowest BCUT2D eigenvalue weighted by molar-refractivity contribution is -0.124. The van der Waals surface area contributed by atoms with Crippen molar-refractivity contribution in [2.75, 3.05) is 11.9 Å². The van der Waals surface area contributed by atoms with Crippen LogP contribution in [0, 0.1) is 0 Å². The fourth-order valence-corrected chi connectivity index (χ4v) is 2.88. The number of anilines is 1. The predicted molar refractivity (Wildman–Crippen MR) is 79.4 cm³/mol. The lowest BCUT2D eigenvalue weighted by atomic mass is 9.88. The van der Waals surface area contributed by atoms with Crippen molar-refractivity contribution in [1.29, 1.82) is 0 Å². The Hall–Kier alpha value is -1.51. The molecule has 0 saturated carbocycles. The van der Waals surface area contributed by atoms with Crippen LogP contribution in [0.1, 0.15) is 51.5 Å². The highest BCUT2D eigenvalue weighted by atomic mass is 16.2. The van der Waals surface area contributed by atoms with Crippen molar-refractivity contribution in [2.24, 2.45) is 0 Å². The molecular formula is C16H24N2O. The SMILES string of the molecule is CCC(CC)(CC)NC(=O)C1CNc2ccccc21. The molecule has 2 N–H and O–H groups in total. The summed E-state index contributed by atoms with van der Waals surface area (Å²) in [5.74, 6) is 0.100. The van der Waals surface area contributed by atoms with Gasteiger partial charge in [0.2, 0.25) is 5.91 Å². The third-order valence-corrected chi connectivity index (χ3v) is 4.57. The normalized spacial score (nSPS) is 17.7. The quantitative estimate of drug-likeness (QED) is 0.853. The molecule has 1 atom stereocenters. The van der Waals surface area contributed by atoms with Crippen LogP contribution in [0.5, 0.6) is 0 Å². The molecule has 19 heavy (non-hydrogen) atoms. The summed E-state index contributed by atoms with van der Waals surface area (Å²) in [4.78, 5) is 12.5. The first-order valence-corrected chi connectivity index (χ1v) is 7.30. The number of fused-ring (bicyclic) bond motifs is 1. The summed E-state index contributed by atoms with van der Waals surface area (Å²) >= 11 is 0. The maximum atomic E-state index is 12.5. The monoisotopic (exact) mass is 260 g/mol. The second kappa shape index (κ2) is 5.64. The first kappa shape index (κ1) is 13.9. The summed E-state index contributed by atoms with van der Waals surface area (Å²) < 4.78 is 0. The Balaban J connectivity index is 2.14. The van der Waals surface area contributed by atoms with Gasteiger partial charge in [-0.15, -0.1) is 0 Å². The third-order valence-electron chi connectivity index (χ3n) is 4.57. The third kappa shape index (κ3) is 2.60. The van der Waals surface area contributed by atoms with Crippen molar-refractivity contribution in [1.82, 2.24) is 5.32 Å². The van der Waals surface area contributed by atoms with Gasteiger partial charge >= 0.3 is 0 Å². The molecule has 1 heterocycles. The average Bonchev–Trinajstić information content (AvgIpc) is 2.89. The fourth-order valence-electron chi connectivity index (χ4n) is 2.88. The summed E-state index contributed by atoms with van der Waals surface area (Å²) in [7, 11) is 0. The van der Waals surface area contributed by atoms with E-state index in [2.05, 4.69) is 31.4 Å². The molecule has 3 nitrogen and oxygen atoms in total. The van der Waals surface area contributed by atoms with E-state index in [1.165, 1.54) is 0 Å². The minimum Gasteiger partial charge on any atom is -0.384 e. The van der Waals surface area contributed by atoms with Gasteiger partial charge in [-0.2, -0.15) is 0 Å². The van der Waals surface area contributed by atoms with E-state index in [-0.39, 0.29) is 17.4 Å². The molecule has 0 bridgehead atoms. The van der Waals surface area contributed by atoms with Gasteiger partial charge in [-0.1, -0.05) is 39.0 Å². The minimum absolute atomic E-state index is 0.0470. The van der Waals surface area contributed by atoms with Gasteiger partial charge in [-0.25, -0.2) is 0 Å². The Labute approximate surface area is 115 Å². The molecule has 0 fully saturated rings. The molecule has 0 radical (unpaired) electrons. The molecule has 1 aromatic carbocycles. The number of hydrogen-bond acceptors (Lipinski definition) is 2. The molecular weight excluding hydrogens is 236 g/mol. The predicted octanol–water partition coefficient (Wildman–Crippen LogP) is 3.28. The van der Waals surface area contributed by atoms with Gasteiger partial charge in [-0.3, -0.25) is 4.79 Å². The first-order chi connectivity index (χ1) is 9.15. The molecule has 0 spiro atoms. The largest absolute Gasteiger partial charge is 0.384 e. The zero-order valence-corrected chi connectivity index (χ0v) is 12.1. The number of rotatable bonds is 5. The van der Waals surface area contributed by atoms with E-state index < -0.39 is 0 Å². The van der Waals surface area contributed by atoms with Crippen LogP contribution in [-0.2, 0) is 4.79 Å². The van der Waals surface area contributed by atoms with Crippen molar-refractivity contribution in [3.63, 3.8) is 0 Å². The van der Waals surface area contributed by atoms with Crippen LogP contribution in [0.4, 0.5) is 5.69 Å². The van der Waals surface area contributed by atoms with Crippen molar-refractivity contribution in [2.45, 2.75) is 51.5 Å².